The molecule has 4 nitrogen and oxygen atoms in total. The maximum Gasteiger partial charge on any atom is 0.219 e. The smallest absolute Gasteiger partial charge is 0.219 e. The van der Waals surface area contributed by atoms with Crippen molar-refractivity contribution in [1.82, 2.24) is 4.90 Å². The molecule has 1 saturated heterocycles. The van der Waals surface area contributed by atoms with Crippen LogP contribution in [0.5, 0.6) is 0 Å². The topological polar surface area (TPSA) is 49.8 Å². The van der Waals surface area contributed by atoms with E-state index in [0.717, 1.165) is 6.42 Å². The van der Waals surface area contributed by atoms with Crippen LogP contribution in [-0.4, -0.2) is 48.3 Å². The SMILES string of the molecule is COC1CC(CCO)N(C(C)=O)C1. The van der Waals surface area contributed by atoms with Crippen LogP contribution in [0, 0.1) is 0 Å². The summed E-state index contributed by atoms with van der Waals surface area (Å²) >= 11 is 0. The molecule has 4 heteroatoms. The van der Waals surface area contributed by atoms with Crippen LogP contribution in [-0.2, 0) is 9.53 Å². The minimum absolute atomic E-state index is 0.0676. The third-order valence-electron chi connectivity index (χ3n) is 2.58. The summed E-state index contributed by atoms with van der Waals surface area (Å²) in [4.78, 5) is 13.0. The van der Waals surface area contributed by atoms with Gasteiger partial charge in [-0.2, -0.15) is 0 Å². The average molecular weight is 187 g/mol. The lowest BCUT2D eigenvalue weighted by Gasteiger charge is -2.21. The van der Waals surface area contributed by atoms with Crippen LogP contribution in [0.3, 0.4) is 0 Å². The normalized spacial score (nSPS) is 28.1. The van der Waals surface area contributed by atoms with Gasteiger partial charge in [0.15, 0.2) is 0 Å². The largest absolute Gasteiger partial charge is 0.396 e. The van der Waals surface area contributed by atoms with Gasteiger partial charge in [-0.1, -0.05) is 0 Å². The van der Waals surface area contributed by atoms with Crippen LogP contribution in [0.2, 0.25) is 0 Å². The fourth-order valence-electron chi connectivity index (χ4n) is 1.85. The molecule has 0 saturated carbocycles. The molecule has 2 unspecified atom stereocenters. The van der Waals surface area contributed by atoms with Gasteiger partial charge in [0, 0.05) is 33.2 Å². The number of ether oxygens (including phenoxy) is 1. The van der Waals surface area contributed by atoms with Gasteiger partial charge in [-0.15, -0.1) is 0 Å². The van der Waals surface area contributed by atoms with Crippen molar-refractivity contribution in [2.75, 3.05) is 20.3 Å². The summed E-state index contributed by atoms with van der Waals surface area (Å²) in [5.74, 6) is 0.0676. The molecule has 1 aliphatic rings. The van der Waals surface area contributed by atoms with Crippen LogP contribution >= 0.6 is 0 Å². The van der Waals surface area contributed by atoms with E-state index in [0.29, 0.717) is 13.0 Å². The van der Waals surface area contributed by atoms with Gasteiger partial charge in [0.1, 0.15) is 0 Å². The van der Waals surface area contributed by atoms with Crippen LogP contribution in [0.25, 0.3) is 0 Å². The van der Waals surface area contributed by atoms with E-state index in [-0.39, 0.29) is 24.7 Å². The summed E-state index contributed by atoms with van der Waals surface area (Å²) in [6.45, 7) is 2.35. The van der Waals surface area contributed by atoms with Gasteiger partial charge < -0.3 is 14.7 Å². The van der Waals surface area contributed by atoms with Crippen molar-refractivity contribution in [3.63, 3.8) is 0 Å². The van der Waals surface area contributed by atoms with Crippen LogP contribution in [0.4, 0.5) is 0 Å². The van der Waals surface area contributed by atoms with Gasteiger partial charge in [-0.25, -0.2) is 0 Å². The van der Waals surface area contributed by atoms with Gasteiger partial charge in [0.25, 0.3) is 0 Å². The van der Waals surface area contributed by atoms with Crippen molar-refractivity contribution in [3.8, 4) is 0 Å². The zero-order valence-electron chi connectivity index (χ0n) is 8.19. The van der Waals surface area contributed by atoms with E-state index < -0.39 is 0 Å². The molecule has 1 N–H and O–H groups in total. The molecule has 76 valence electrons. The third-order valence-corrected chi connectivity index (χ3v) is 2.58. The summed E-state index contributed by atoms with van der Waals surface area (Å²) in [7, 11) is 1.66. The predicted octanol–water partition coefficient (Wildman–Crippen LogP) is 0.00460. The van der Waals surface area contributed by atoms with E-state index >= 15 is 0 Å². The highest BCUT2D eigenvalue weighted by molar-refractivity contribution is 5.74. The number of methoxy groups -OCH3 is 1. The van der Waals surface area contributed by atoms with Gasteiger partial charge in [-0.05, 0) is 12.8 Å². The van der Waals surface area contributed by atoms with E-state index in [4.69, 9.17) is 9.84 Å². The molecule has 0 aromatic carbocycles. The molecule has 1 aliphatic heterocycles. The van der Waals surface area contributed by atoms with E-state index in [1.807, 2.05) is 0 Å². The number of likely N-dealkylation sites (tertiary alicyclic amines) is 1. The fraction of sp³-hybridized carbons (Fsp3) is 0.889. The molecule has 1 fully saturated rings. The minimum atomic E-state index is 0.0676. The molecule has 2 atom stereocenters. The zero-order valence-corrected chi connectivity index (χ0v) is 8.19. The van der Waals surface area contributed by atoms with Gasteiger partial charge in [0.2, 0.25) is 5.91 Å². The number of rotatable bonds is 3. The van der Waals surface area contributed by atoms with Crippen LogP contribution in [0.15, 0.2) is 0 Å². The number of carbonyl (C=O) groups excluding carboxylic acids is 1. The molecular weight excluding hydrogens is 170 g/mol. The van der Waals surface area contributed by atoms with Crippen molar-refractivity contribution in [1.29, 1.82) is 0 Å². The monoisotopic (exact) mass is 187 g/mol. The number of hydrogen-bond acceptors (Lipinski definition) is 3. The number of nitrogens with zero attached hydrogens (tertiary/aromatic N) is 1. The molecular formula is C9H17NO3. The highest BCUT2D eigenvalue weighted by atomic mass is 16.5. The van der Waals surface area contributed by atoms with Gasteiger partial charge in [0.05, 0.1) is 6.10 Å². The Labute approximate surface area is 78.5 Å². The maximum absolute atomic E-state index is 11.2. The van der Waals surface area contributed by atoms with Crippen molar-refractivity contribution in [2.45, 2.75) is 31.9 Å². The number of aliphatic hydroxyl groups excluding tert-OH is 1. The molecule has 13 heavy (non-hydrogen) atoms. The minimum Gasteiger partial charge on any atom is -0.396 e. The van der Waals surface area contributed by atoms with Crippen LogP contribution < -0.4 is 0 Å². The second kappa shape index (κ2) is 4.58. The van der Waals surface area contributed by atoms with Crippen molar-refractivity contribution in [3.05, 3.63) is 0 Å². The summed E-state index contributed by atoms with van der Waals surface area (Å²) in [6.07, 6.45) is 1.64. The average Bonchev–Trinajstić information content (AvgIpc) is 2.48. The first-order valence-corrected chi connectivity index (χ1v) is 4.60. The number of amides is 1. The second-order valence-electron chi connectivity index (χ2n) is 3.43. The number of carbonyl (C=O) groups is 1. The van der Waals surface area contributed by atoms with E-state index in [1.54, 1.807) is 18.9 Å². The fourth-order valence-corrected chi connectivity index (χ4v) is 1.85. The highest BCUT2D eigenvalue weighted by Gasteiger charge is 2.32. The number of aliphatic hydroxyl groups is 1. The Bertz CT molecular complexity index is 184. The quantitative estimate of drug-likeness (QED) is 0.677. The Morgan fingerprint density at radius 3 is 2.85 bits per heavy atom. The van der Waals surface area contributed by atoms with Crippen molar-refractivity contribution < 1.29 is 14.6 Å². The summed E-state index contributed by atoms with van der Waals surface area (Å²) in [5.41, 5.74) is 0. The maximum atomic E-state index is 11.2. The summed E-state index contributed by atoms with van der Waals surface area (Å²) < 4.78 is 5.19. The van der Waals surface area contributed by atoms with Crippen molar-refractivity contribution >= 4 is 5.91 Å². The zero-order chi connectivity index (χ0) is 9.84. The lowest BCUT2D eigenvalue weighted by Crippen LogP contribution is -2.34. The van der Waals surface area contributed by atoms with Crippen LogP contribution in [0.1, 0.15) is 19.8 Å². The molecule has 1 heterocycles. The Morgan fingerprint density at radius 2 is 2.38 bits per heavy atom. The first-order chi connectivity index (χ1) is 6.19. The Hall–Kier alpha value is -0.610. The molecule has 0 aromatic heterocycles. The summed E-state index contributed by atoms with van der Waals surface area (Å²) in [5, 5.41) is 8.81. The Morgan fingerprint density at radius 1 is 1.69 bits per heavy atom. The molecule has 0 spiro atoms. The van der Waals surface area contributed by atoms with E-state index in [9.17, 15) is 4.79 Å². The Kier molecular flexibility index (Phi) is 3.69. The second-order valence-corrected chi connectivity index (χ2v) is 3.43. The predicted molar refractivity (Wildman–Crippen MR) is 48.3 cm³/mol. The molecule has 0 bridgehead atoms. The first kappa shape index (κ1) is 10.5. The molecule has 0 aliphatic carbocycles. The van der Waals surface area contributed by atoms with Gasteiger partial charge in [-0.3, -0.25) is 4.79 Å². The molecule has 1 amide bonds. The van der Waals surface area contributed by atoms with Crippen molar-refractivity contribution in [2.24, 2.45) is 0 Å². The molecule has 1 rings (SSSR count). The molecule has 0 aromatic rings. The lowest BCUT2D eigenvalue weighted by molar-refractivity contribution is -0.130. The first-order valence-electron chi connectivity index (χ1n) is 4.60. The van der Waals surface area contributed by atoms with E-state index in [1.165, 1.54) is 0 Å². The highest BCUT2D eigenvalue weighted by Crippen LogP contribution is 2.22. The van der Waals surface area contributed by atoms with Gasteiger partial charge >= 0.3 is 0 Å². The third kappa shape index (κ3) is 2.42. The standard InChI is InChI=1S/C9H17NO3/c1-7(12)10-6-9(13-2)5-8(10)3-4-11/h8-9,11H,3-6H2,1-2H3. The van der Waals surface area contributed by atoms with E-state index in [2.05, 4.69) is 0 Å². The Balaban J connectivity index is 2.54. The number of hydrogen-bond donors (Lipinski definition) is 1. The molecule has 0 radical (unpaired) electrons. The summed E-state index contributed by atoms with van der Waals surface area (Å²) in [6, 6.07) is 0.160. The lowest BCUT2D eigenvalue weighted by atomic mass is 10.1.